The molecule has 0 radical (unpaired) electrons. The Morgan fingerprint density at radius 3 is 2.56 bits per heavy atom. The normalized spacial score (nSPS) is 25.3. The molecule has 1 N–H and O–H groups in total. The minimum atomic E-state index is 0.332. The highest BCUT2D eigenvalue weighted by Gasteiger charge is 2.21. The van der Waals surface area contributed by atoms with Crippen LogP contribution < -0.4 is 0 Å². The van der Waals surface area contributed by atoms with Crippen LogP contribution in [-0.2, 0) is 0 Å². The maximum absolute atomic E-state index is 9.11. The van der Waals surface area contributed by atoms with Gasteiger partial charge in [0.05, 0.1) is 5.76 Å². The van der Waals surface area contributed by atoms with Gasteiger partial charge in [0.2, 0.25) is 0 Å². The summed E-state index contributed by atoms with van der Waals surface area (Å²) in [6.07, 6.45) is 5.02. The molecule has 1 aliphatic carbocycles. The molecule has 0 aromatic carbocycles. The van der Waals surface area contributed by atoms with Gasteiger partial charge in [-0.2, -0.15) is 0 Å². The van der Waals surface area contributed by atoms with Gasteiger partial charge in [0.15, 0.2) is 0 Å². The smallest absolute Gasteiger partial charge is 0.0888 e. The third-order valence-corrected chi connectivity index (χ3v) is 1.86. The summed E-state index contributed by atoms with van der Waals surface area (Å²) in [5, 5.41) is 9.11. The van der Waals surface area contributed by atoms with Gasteiger partial charge in [-0.1, -0.05) is 13.8 Å². The van der Waals surface area contributed by atoms with Crippen LogP contribution in [0.3, 0.4) is 0 Å². The van der Waals surface area contributed by atoms with E-state index in [9.17, 15) is 0 Å². The monoisotopic (exact) mass is 126 g/mol. The van der Waals surface area contributed by atoms with Crippen LogP contribution >= 0.6 is 0 Å². The third-order valence-electron chi connectivity index (χ3n) is 1.86. The van der Waals surface area contributed by atoms with Crippen LogP contribution in [0.1, 0.15) is 33.1 Å². The molecule has 52 valence electrons. The number of rotatable bonds is 0. The lowest BCUT2D eigenvalue weighted by atomic mass is 9.80. The van der Waals surface area contributed by atoms with Crippen molar-refractivity contribution in [2.45, 2.75) is 33.1 Å². The van der Waals surface area contributed by atoms with Crippen molar-refractivity contribution >= 4 is 0 Å². The van der Waals surface area contributed by atoms with Crippen LogP contribution in [0.15, 0.2) is 11.8 Å². The summed E-state index contributed by atoms with van der Waals surface area (Å²) in [6.45, 7) is 4.38. The van der Waals surface area contributed by atoms with Gasteiger partial charge in [-0.3, -0.25) is 0 Å². The lowest BCUT2D eigenvalue weighted by molar-refractivity contribution is 0.248. The topological polar surface area (TPSA) is 20.2 Å². The van der Waals surface area contributed by atoms with Crippen molar-refractivity contribution in [3.05, 3.63) is 11.8 Å². The molecule has 1 rings (SSSR count). The molecule has 0 heterocycles. The number of aliphatic hydroxyl groups excluding tert-OH is 1. The van der Waals surface area contributed by atoms with Crippen molar-refractivity contribution in [2.75, 3.05) is 0 Å². The van der Waals surface area contributed by atoms with Crippen LogP contribution in [0, 0.1) is 5.41 Å². The van der Waals surface area contributed by atoms with Gasteiger partial charge in [-0.25, -0.2) is 0 Å². The first kappa shape index (κ1) is 6.66. The fourth-order valence-corrected chi connectivity index (χ4v) is 1.28. The van der Waals surface area contributed by atoms with Crippen molar-refractivity contribution in [2.24, 2.45) is 5.41 Å². The maximum Gasteiger partial charge on any atom is 0.0888 e. The minimum Gasteiger partial charge on any atom is -0.513 e. The molecule has 1 aliphatic rings. The second-order valence-electron chi connectivity index (χ2n) is 3.58. The number of allylic oxidation sites excluding steroid dienone is 2. The highest BCUT2D eigenvalue weighted by atomic mass is 16.3. The predicted molar refractivity (Wildman–Crippen MR) is 38.3 cm³/mol. The summed E-state index contributed by atoms with van der Waals surface area (Å²) in [7, 11) is 0. The van der Waals surface area contributed by atoms with Gasteiger partial charge < -0.3 is 5.11 Å². The molecule has 1 nitrogen and oxygen atoms in total. The van der Waals surface area contributed by atoms with Gasteiger partial charge in [-0.05, 0) is 24.3 Å². The summed E-state index contributed by atoms with van der Waals surface area (Å²) in [5.41, 5.74) is 0.332. The molecule has 0 aliphatic heterocycles. The van der Waals surface area contributed by atoms with Crippen molar-refractivity contribution in [3.8, 4) is 0 Å². The van der Waals surface area contributed by atoms with E-state index in [-0.39, 0.29) is 0 Å². The summed E-state index contributed by atoms with van der Waals surface area (Å²) in [6, 6.07) is 0. The Morgan fingerprint density at radius 2 is 2.22 bits per heavy atom. The number of aliphatic hydroxyl groups is 1. The lowest BCUT2D eigenvalue weighted by Gasteiger charge is -2.26. The standard InChI is InChI=1S/C8H14O/c1-8(2)5-3-4-7(9)6-8/h4,9H,3,5-6H2,1-2H3. The number of hydrogen-bond donors (Lipinski definition) is 1. The zero-order valence-electron chi connectivity index (χ0n) is 6.15. The maximum atomic E-state index is 9.11. The fourth-order valence-electron chi connectivity index (χ4n) is 1.28. The molecular weight excluding hydrogens is 112 g/mol. The fraction of sp³-hybridized carbons (Fsp3) is 0.750. The van der Waals surface area contributed by atoms with Crippen LogP contribution in [0.25, 0.3) is 0 Å². The Hall–Kier alpha value is -0.460. The Labute approximate surface area is 56.4 Å². The first-order valence-corrected chi connectivity index (χ1v) is 3.48. The minimum absolute atomic E-state index is 0.332. The van der Waals surface area contributed by atoms with E-state index < -0.39 is 0 Å². The first-order valence-electron chi connectivity index (χ1n) is 3.48. The SMILES string of the molecule is CC1(C)CCC=C(O)C1. The molecule has 0 spiro atoms. The van der Waals surface area contributed by atoms with E-state index in [1.165, 1.54) is 6.42 Å². The molecule has 0 aromatic heterocycles. The Bertz CT molecular complexity index is 134. The van der Waals surface area contributed by atoms with E-state index in [4.69, 9.17) is 5.11 Å². The molecule has 0 bridgehead atoms. The molecule has 0 saturated heterocycles. The van der Waals surface area contributed by atoms with Crippen molar-refractivity contribution in [1.29, 1.82) is 0 Å². The zero-order chi connectivity index (χ0) is 6.91. The quantitative estimate of drug-likeness (QED) is 0.529. The first-order chi connectivity index (χ1) is 4.10. The largest absolute Gasteiger partial charge is 0.513 e. The van der Waals surface area contributed by atoms with E-state index in [1.54, 1.807) is 0 Å². The molecular formula is C8H14O. The molecule has 0 unspecified atom stereocenters. The van der Waals surface area contributed by atoms with Crippen LogP contribution in [0.5, 0.6) is 0 Å². The second kappa shape index (κ2) is 2.05. The molecule has 9 heavy (non-hydrogen) atoms. The molecule has 0 saturated carbocycles. The Morgan fingerprint density at radius 1 is 1.56 bits per heavy atom. The zero-order valence-corrected chi connectivity index (χ0v) is 6.15. The van der Waals surface area contributed by atoms with Crippen molar-refractivity contribution in [1.82, 2.24) is 0 Å². The highest BCUT2D eigenvalue weighted by Crippen LogP contribution is 2.33. The van der Waals surface area contributed by atoms with Gasteiger partial charge >= 0.3 is 0 Å². The summed E-state index contributed by atoms with van der Waals surface area (Å²) in [4.78, 5) is 0. The predicted octanol–water partition coefficient (Wildman–Crippen LogP) is 2.64. The molecule has 1 heteroatoms. The van der Waals surface area contributed by atoms with E-state index >= 15 is 0 Å². The molecule has 0 aromatic rings. The van der Waals surface area contributed by atoms with E-state index in [1.807, 2.05) is 6.08 Å². The van der Waals surface area contributed by atoms with Crippen molar-refractivity contribution < 1.29 is 5.11 Å². The second-order valence-corrected chi connectivity index (χ2v) is 3.58. The van der Waals surface area contributed by atoms with Crippen molar-refractivity contribution in [3.63, 3.8) is 0 Å². The summed E-state index contributed by atoms with van der Waals surface area (Å²) < 4.78 is 0. The average molecular weight is 126 g/mol. The van der Waals surface area contributed by atoms with Crippen LogP contribution in [-0.4, -0.2) is 5.11 Å². The molecule has 0 fully saturated rings. The van der Waals surface area contributed by atoms with Crippen LogP contribution in [0.4, 0.5) is 0 Å². The number of hydrogen-bond acceptors (Lipinski definition) is 1. The van der Waals surface area contributed by atoms with E-state index in [2.05, 4.69) is 13.8 Å². The Balaban J connectivity index is 2.59. The van der Waals surface area contributed by atoms with Crippen LogP contribution in [0.2, 0.25) is 0 Å². The lowest BCUT2D eigenvalue weighted by Crippen LogP contribution is -2.15. The highest BCUT2D eigenvalue weighted by molar-refractivity contribution is 5.00. The Kier molecular flexibility index (Phi) is 1.52. The average Bonchev–Trinajstić information content (AvgIpc) is 1.60. The van der Waals surface area contributed by atoms with E-state index in [0.717, 1.165) is 12.8 Å². The molecule has 0 atom stereocenters. The van der Waals surface area contributed by atoms with E-state index in [0.29, 0.717) is 11.2 Å². The van der Waals surface area contributed by atoms with Gasteiger partial charge in [0.25, 0.3) is 0 Å². The van der Waals surface area contributed by atoms with Gasteiger partial charge in [-0.15, -0.1) is 0 Å². The summed E-state index contributed by atoms with van der Waals surface area (Å²) >= 11 is 0. The third kappa shape index (κ3) is 1.74. The molecule has 0 amide bonds. The van der Waals surface area contributed by atoms with Gasteiger partial charge in [0, 0.05) is 6.42 Å². The summed E-state index contributed by atoms with van der Waals surface area (Å²) in [5.74, 6) is 0.575. The van der Waals surface area contributed by atoms with Gasteiger partial charge in [0.1, 0.15) is 0 Å².